The maximum Gasteiger partial charge on any atom is 0.184 e. The molecule has 0 aromatic rings. The second-order valence-corrected chi connectivity index (χ2v) is 2.55. The van der Waals surface area contributed by atoms with Crippen LogP contribution in [0.15, 0.2) is 16.3 Å². The number of nitrogens with zero attached hydrogens (tertiary/aromatic N) is 1. The Hall–Kier alpha value is -0.790. The molecule has 0 radical (unpaired) electrons. The molecular weight excluding hydrogens is 138 g/mol. The minimum Gasteiger partial charge on any atom is -0.484 e. The van der Waals surface area contributed by atoms with Crippen LogP contribution in [0.25, 0.3) is 0 Å². The van der Waals surface area contributed by atoms with Gasteiger partial charge in [-0.2, -0.15) is 0 Å². The van der Waals surface area contributed by atoms with Gasteiger partial charge in [0.15, 0.2) is 5.90 Å². The fourth-order valence-electron chi connectivity index (χ4n) is 0.633. The van der Waals surface area contributed by atoms with Crippen molar-refractivity contribution in [3.63, 3.8) is 0 Å². The summed E-state index contributed by atoms with van der Waals surface area (Å²) in [5.41, 5.74) is 2.37. The van der Waals surface area contributed by atoms with Gasteiger partial charge in [0.25, 0.3) is 0 Å². The summed E-state index contributed by atoms with van der Waals surface area (Å²) in [6.45, 7) is 8.06. The SMILES string of the molecule is CCC(C)=C(C)N=C(C)OC. The van der Waals surface area contributed by atoms with Crippen molar-refractivity contribution in [2.24, 2.45) is 4.99 Å². The second kappa shape index (κ2) is 4.94. The Bertz CT molecular complexity index is 180. The first-order valence-electron chi connectivity index (χ1n) is 3.87. The molecule has 0 N–H and O–H groups in total. The van der Waals surface area contributed by atoms with Gasteiger partial charge in [0.1, 0.15) is 0 Å². The number of hydrogen-bond acceptors (Lipinski definition) is 2. The van der Waals surface area contributed by atoms with E-state index in [1.54, 1.807) is 7.11 Å². The van der Waals surface area contributed by atoms with Gasteiger partial charge in [0.05, 0.1) is 7.11 Å². The van der Waals surface area contributed by atoms with E-state index >= 15 is 0 Å². The van der Waals surface area contributed by atoms with E-state index in [0.29, 0.717) is 0 Å². The first kappa shape index (κ1) is 10.2. The van der Waals surface area contributed by atoms with Crippen LogP contribution in [0.1, 0.15) is 34.1 Å². The number of allylic oxidation sites excluding steroid dienone is 2. The molecule has 0 aromatic heterocycles. The van der Waals surface area contributed by atoms with Crippen molar-refractivity contribution < 1.29 is 4.74 Å². The van der Waals surface area contributed by atoms with E-state index < -0.39 is 0 Å². The summed E-state index contributed by atoms with van der Waals surface area (Å²) in [4.78, 5) is 4.24. The van der Waals surface area contributed by atoms with Crippen LogP contribution in [0.2, 0.25) is 0 Å². The molecule has 0 bridgehead atoms. The highest BCUT2D eigenvalue weighted by atomic mass is 16.5. The van der Waals surface area contributed by atoms with Gasteiger partial charge in [-0.15, -0.1) is 0 Å². The second-order valence-electron chi connectivity index (χ2n) is 2.55. The van der Waals surface area contributed by atoms with Gasteiger partial charge in [0.2, 0.25) is 0 Å². The van der Waals surface area contributed by atoms with Crippen LogP contribution in [0.4, 0.5) is 0 Å². The van der Waals surface area contributed by atoms with E-state index in [9.17, 15) is 0 Å². The van der Waals surface area contributed by atoms with Gasteiger partial charge < -0.3 is 4.74 Å². The maximum atomic E-state index is 4.93. The normalized spacial score (nSPS) is 14.5. The molecule has 0 spiro atoms. The molecule has 0 amide bonds. The lowest BCUT2D eigenvalue weighted by Gasteiger charge is -2.01. The fraction of sp³-hybridized carbons (Fsp3) is 0.667. The number of hydrogen-bond donors (Lipinski definition) is 0. The van der Waals surface area contributed by atoms with Crippen LogP contribution < -0.4 is 0 Å². The fourth-order valence-corrected chi connectivity index (χ4v) is 0.633. The molecule has 0 saturated carbocycles. The molecule has 64 valence electrons. The molecule has 0 saturated heterocycles. The molecule has 2 nitrogen and oxygen atoms in total. The number of rotatable bonds is 2. The minimum atomic E-state index is 0.718. The van der Waals surface area contributed by atoms with Crippen LogP contribution in [-0.4, -0.2) is 13.0 Å². The van der Waals surface area contributed by atoms with Crippen molar-refractivity contribution in [1.82, 2.24) is 0 Å². The Labute approximate surface area is 69.0 Å². The molecule has 0 fully saturated rings. The zero-order valence-corrected chi connectivity index (χ0v) is 8.06. The van der Waals surface area contributed by atoms with Gasteiger partial charge in [-0.1, -0.05) is 12.5 Å². The van der Waals surface area contributed by atoms with Crippen LogP contribution in [0.3, 0.4) is 0 Å². The highest BCUT2D eigenvalue weighted by molar-refractivity contribution is 5.74. The summed E-state index contributed by atoms with van der Waals surface area (Å²) < 4.78 is 4.93. The summed E-state index contributed by atoms with van der Waals surface area (Å²) in [5, 5.41) is 0. The molecule has 2 heteroatoms. The Morgan fingerprint density at radius 1 is 1.27 bits per heavy atom. The average molecular weight is 155 g/mol. The molecule has 0 rings (SSSR count). The minimum absolute atomic E-state index is 0.718. The lowest BCUT2D eigenvalue weighted by Crippen LogP contribution is -1.94. The molecule has 0 aliphatic carbocycles. The van der Waals surface area contributed by atoms with Crippen LogP contribution in [0, 0.1) is 0 Å². The first-order valence-corrected chi connectivity index (χ1v) is 3.87. The maximum absolute atomic E-state index is 4.93. The highest BCUT2D eigenvalue weighted by Gasteiger charge is 1.93. The molecule has 0 aliphatic heterocycles. The molecule has 0 aromatic carbocycles. The van der Waals surface area contributed by atoms with Crippen molar-refractivity contribution >= 4 is 5.90 Å². The molecule has 0 atom stereocenters. The van der Waals surface area contributed by atoms with Crippen LogP contribution in [-0.2, 0) is 4.74 Å². The average Bonchev–Trinajstić information content (AvgIpc) is 2.02. The predicted octanol–water partition coefficient (Wildman–Crippen LogP) is 2.76. The zero-order valence-electron chi connectivity index (χ0n) is 8.06. The first-order chi connectivity index (χ1) is 5.11. The van der Waals surface area contributed by atoms with Crippen molar-refractivity contribution in [3.05, 3.63) is 11.3 Å². The monoisotopic (exact) mass is 155 g/mol. The smallest absolute Gasteiger partial charge is 0.184 e. The molecule has 0 unspecified atom stereocenters. The van der Waals surface area contributed by atoms with Gasteiger partial charge in [0, 0.05) is 12.6 Å². The Kier molecular flexibility index (Phi) is 4.59. The van der Waals surface area contributed by atoms with E-state index in [-0.39, 0.29) is 0 Å². The van der Waals surface area contributed by atoms with E-state index in [1.807, 2.05) is 13.8 Å². The quantitative estimate of drug-likeness (QED) is 0.444. The van der Waals surface area contributed by atoms with Gasteiger partial charge >= 0.3 is 0 Å². The summed E-state index contributed by atoms with van der Waals surface area (Å²) in [6.07, 6.45) is 1.05. The van der Waals surface area contributed by atoms with E-state index in [4.69, 9.17) is 4.74 Å². The number of methoxy groups -OCH3 is 1. The van der Waals surface area contributed by atoms with Crippen LogP contribution >= 0.6 is 0 Å². The highest BCUT2D eigenvalue weighted by Crippen LogP contribution is 2.08. The van der Waals surface area contributed by atoms with Crippen LogP contribution in [0.5, 0.6) is 0 Å². The van der Waals surface area contributed by atoms with Crippen molar-refractivity contribution in [2.45, 2.75) is 34.1 Å². The number of aliphatic imine (C=N–C) groups is 1. The lowest BCUT2D eigenvalue weighted by molar-refractivity contribution is 0.399. The van der Waals surface area contributed by atoms with Gasteiger partial charge in [-0.25, -0.2) is 4.99 Å². The predicted molar refractivity (Wildman–Crippen MR) is 48.8 cm³/mol. The van der Waals surface area contributed by atoms with Gasteiger partial charge in [-0.3, -0.25) is 0 Å². The number of ether oxygens (including phenoxy) is 1. The van der Waals surface area contributed by atoms with E-state index in [2.05, 4.69) is 18.8 Å². The lowest BCUT2D eigenvalue weighted by atomic mass is 10.2. The Balaban J connectivity index is 4.37. The largest absolute Gasteiger partial charge is 0.484 e. The third kappa shape index (κ3) is 3.81. The Morgan fingerprint density at radius 3 is 2.18 bits per heavy atom. The Morgan fingerprint density at radius 2 is 1.82 bits per heavy atom. The third-order valence-corrected chi connectivity index (χ3v) is 1.77. The molecule has 11 heavy (non-hydrogen) atoms. The van der Waals surface area contributed by atoms with E-state index in [1.165, 1.54) is 5.57 Å². The van der Waals surface area contributed by atoms with E-state index in [0.717, 1.165) is 18.0 Å². The third-order valence-electron chi connectivity index (χ3n) is 1.77. The standard InChI is InChI=1S/C9H17NO/c1-6-7(2)8(3)10-9(4)11-5/h6H2,1-5H3. The summed E-state index contributed by atoms with van der Waals surface area (Å²) in [6, 6.07) is 0. The molecule has 0 aliphatic rings. The molecule has 0 heterocycles. The summed E-state index contributed by atoms with van der Waals surface area (Å²) in [5.74, 6) is 0.718. The van der Waals surface area contributed by atoms with Crippen molar-refractivity contribution in [2.75, 3.05) is 7.11 Å². The molecular formula is C9H17NO. The topological polar surface area (TPSA) is 21.6 Å². The summed E-state index contributed by atoms with van der Waals surface area (Å²) >= 11 is 0. The summed E-state index contributed by atoms with van der Waals surface area (Å²) in [7, 11) is 1.63. The van der Waals surface area contributed by atoms with Crippen molar-refractivity contribution in [1.29, 1.82) is 0 Å². The zero-order chi connectivity index (χ0) is 8.85. The van der Waals surface area contributed by atoms with Gasteiger partial charge in [-0.05, 0) is 20.3 Å². The van der Waals surface area contributed by atoms with Crippen molar-refractivity contribution in [3.8, 4) is 0 Å².